The van der Waals surface area contributed by atoms with E-state index in [9.17, 15) is 9.59 Å². The van der Waals surface area contributed by atoms with Crippen LogP contribution in [0.25, 0.3) is 0 Å². The van der Waals surface area contributed by atoms with Crippen LogP contribution in [-0.2, 0) is 9.47 Å². The normalized spacial score (nSPS) is 11.0. The summed E-state index contributed by atoms with van der Waals surface area (Å²) in [6.45, 7) is 1.83. The fourth-order valence-electron chi connectivity index (χ4n) is 1.99. The number of aldehydes is 1. The largest absolute Gasteiger partial charge is 0.509 e. The summed E-state index contributed by atoms with van der Waals surface area (Å²) in [7, 11) is 0. The first-order chi connectivity index (χ1) is 12.0. The highest BCUT2D eigenvalue weighted by molar-refractivity contribution is 6.35. The summed E-state index contributed by atoms with van der Waals surface area (Å²) >= 11 is 12.1. The van der Waals surface area contributed by atoms with Crippen molar-refractivity contribution in [2.75, 3.05) is 6.61 Å². The van der Waals surface area contributed by atoms with Crippen molar-refractivity contribution in [1.29, 1.82) is 0 Å². The quantitative estimate of drug-likeness (QED) is 0.424. The van der Waals surface area contributed by atoms with E-state index in [1.54, 1.807) is 43.3 Å². The van der Waals surface area contributed by atoms with Crippen LogP contribution in [0.2, 0.25) is 10.0 Å². The lowest BCUT2D eigenvalue weighted by Gasteiger charge is -2.14. The molecule has 0 radical (unpaired) electrons. The van der Waals surface area contributed by atoms with E-state index >= 15 is 0 Å². The summed E-state index contributed by atoms with van der Waals surface area (Å²) in [5.74, 6) is 5.66. The molecular formula is C19H14Cl2O4. The minimum atomic E-state index is -0.969. The van der Waals surface area contributed by atoms with Crippen molar-refractivity contribution < 1.29 is 19.1 Å². The van der Waals surface area contributed by atoms with Crippen LogP contribution in [0.15, 0.2) is 42.5 Å². The van der Waals surface area contributed by atoms with Gasteiger partial charge in [0.2, 0.25) is 0 Å². The van der Waals surface area contributed by atoms with Gasteiger partial charge >= 0.3 is 6.16 Å². The van der Waals surface area contributed by atoms with E-state index in [1.807, 2.05) is 0 Å². The van der Waals surface area contributed by atoms with E-state index in [-0.39, 0.29) is 6.61 Å². The Hall–Kier alpha value is -2.48. The first kappa shape index (κ1) is 18.9. The van der Waals surface area contributed by atoms with Crippen LogP contribution in [-0.4, -0.2) is 19.0 Å². The third-order valence-corrected chi connectivity index (χ3v) is 3.71. The molecule has 2 aromatic rings. The molecule has 0 fully saturated rings. The molecule has 0 amide bonds. The predicted molar refractivity (Wildman–Crippen MR) is 96.0 cm³/mol. The average molecular weight is 377 g/mol. The zero-order chi connectivity index (χ0) is 18.2. The molecule has 2 aromatic carbocycles. The standard InChI is InChI=1S/C19H14Cl2O4/c1-2-24-19(23)25-18(16-9-8-15(20)11-17(16)21)10-7-13-5-3-4-6-14(13)12-22/h3-6,8-9,11-12,18H,2H2,1H3. The molecule has 0 saturated carbocycles. The number of rotatable bonds is 4. The first-order valence-corrected chi connectivity index (χ1v) is 8.14. The molecule has 1 atom stereocenters. The number of halogens is 2. The predicted octanol–water partition coefficient (Wildman–Crippen LogP) is 5.07. The molecule has 0 heterocycles. The van der Waals surface area contributed by atoms with Crippen LogP contribution in [0, 0.1) is 11.8 Å². The van der Waals surface area contributed by atoms with Crippen LogP contribution < -0.4 is 0 Å². The summed E-state index contributed by atoms with van der Waals surface area (Å²) in [5, 5.41) is 0.752. The van der Waals surface area contributed by atoms with Crippen LogP contribution in [0.1, 0.15) is 34.5 Å². The maximum absolute atomic E-state index is 11.7. The highest BCUT2D eigenvalue weighted by Crippen LogP contribution is 2.28. The van der Waals surface area contributed by atoms with Crippen LogP contribution in [0.4, 0.5) is 4.79 Å². The van der Waals surface area contributed by atoms with Crippen molar-refractivity contribution in [2.45, 2.75) is 13.0 Å². The van der Waals surface area contributed by atoms with Gasteiger partial charge in [-0.05, 0) is 31.0 Å². The average Bonchev–Trinajstić information content (AvgIpc) is 2.59. The molecule has 0 aliphatic carbocycles. The van der Waals surface area contributed by atoms with E-state index < -0.39 is 12.3 Å². The van der Waals surface area contributed by atoms with Gasteiger partial charge in [0.05, 0.1) is 6.61 Å². The Balaban J connectivity index is 2.40. The minimum absolute atomic E-state index is 0.168. The minimum Gasteiger partial charge on any atom is -0.435 e. The van der Waals surface area contributed by atoms with Crippen LogP contribution >= 0.6 is 23.2 Å². The monoisotopic (exact) mass is 376 g/mol. The van der Waals surface area contributed by atoms with Gasteiger partial charge in [-0.15, -0.1) is 0 Å². The molecule has 0 aliphatic heterocycles. The van der Waals surface area contributed by atoms with Crippen molar-refractivity contribution in [3.8, 4) is 11.8 Å². The van der Waals surface area contributed by atoms with Gasteiger partial charge < -0.3 is 9.47 Å². The third-order valence-electron chi connectivity index (χ3n) is 3.15. The second-order valence-electron chi connectivity index (χ2n) is 4.82. The topological polar surface area (TPSA) is 52.6 Å². The number of carbonyl (C=O) groups is 2. The second-order valence-corrected chi connectivity index (χ2v) is 5.66. The molecule has 128 valence electrons. The van der Waals surface area contributed by atoms with Gasteiger partial charge in [-0.2, -0.15) is 0 Å². The molecule has 0 aromatic heterocycles. The fraction of sp³-hybridized carbons (Fsp3) is 0.158. The lowest BCUT2D eigenvalue weighted by Crippen LogP contribution is -2.12. The molecule has 6 heteroatoms. The summed E-state index contributed by atoms with van der Waals surface area (Å²) in [5.41, 5.74) is 1.42. The van der Waals surface area contributed by atoms with Gasteiger partial charge in [-0.3, -0.25) is 4.79 Å². The van der Waals surface area contributed by atoms with Gasteiger partial charge in [0, 0.05) is 26.7 Å². The molecule has 0 aliphatic rings. The van der Waals surface area contributed by atoms with Gasteiger partial charge in [0.15, 0.2) is 12.4 Å². The molecule has 25 heavy (non-hydrogen) atoms. The molecule has 0 saturated heterocycles. The smallest absolute Gasteiger partial charge is 0.435 e. The Morgan fingerprint density at radius 2 is 2.00 bits per heavy atom. The molecule has 0 bridgehead atoms. The summed E-state index contributed by atoms with van der Waals surface area (Å²) in [4.78, 5) is 22.8. The van der Waals surface area contributed by atoms with Gasteiger partial charge in [-0.25, -0.2) is 4.79 Å². The highest BCUT2D eigenvalue weighted by Gasteiger charge is 2.18. The highest BCUT2D eigenvalue weighted by atomic mass is 35.5. The third kappa shape index (κ3) is 5.25. The zero-order valence-corrected chi connectivity index (χ0v) is 14.8. The maximum atomic E-state index is 11.7. The molecule has 1 unspecified atom stereocenters. The molecule has 0 N–H and O–H groups in total. The van der Waals surface area contributed by atoms with Crippen molar-refractivity contribution >= 4 is 35.6 Å². The van der Waals surface area contributed by atoms with Gasteiger partial charge in [0.25, 0.3) is 0 Å². The van der Waals surface area contributed by atoms with Crippen molar-refractivity contribution in [2.24, 2.45) is 0 Å². The Kier molecular flexibility index (Phi) is 6.88. The lowest BCUT2D eigenvalue weighted by atomic mass is 10.1. The van der Waals surface area contributed by atoms with Crippen LogP contribution in [0.5, 0.6) is 0 Å². The molecule has 4 nitrogen and oxygen atoms in total. The fourth-order valence-corrected chi connectivity index (χ4v) is 2.50. The SMILES string of the molecule is CCOC(=O)OC(C#Cc1ccccc1C=O)c1ccc(Cl)cc1Cl. The van der Waals surface area contributed by atoms with Crippen molar-refractivity contribution in [1.82, 2.24) is 0 Å². The summed E-state index contributed by atoms with van der Waals surface area (Å²) in [6, 6.07) is 11.6. The number of hydrogen-bond acceptors (Lipinski definition) is 4. The van der Waals surface area contributed by atoms with Gasteiger partial charge in [-0.1, -0.05) is 53.4 Å². The molecule has 0 spiro atoms. The second kappa shape index (κ2) is 9.12. The lowest BCUT2D eigenvalue weighted by molar-refractivity contribution is 0.0427. The molecular weight excluding hydrogens is 363 g/mol. The van der Waals surface area contributed by atoms with Crippen molar-refractivity contribution in [3.63, 3.8) is 0 Å². The van der Waals surface area contributed by atoms with E-state index in [0.29, 0.717) is 33.0 Å². The van der Waals surface area contributed by atoms with E-state index in [0.717, 1.165) is 0 Å². The summed E-state index contributed by atoms with van der Waals surface area (Å²) < 4.78 is 10.0. The molecule has 2 rings (SSSR count). The Bertz CT molecular complexity index is 837. The van der Waals surface area contributed by atoms with E-state index in [2.05, 4.69) is 11.8 Å². The Morgan fingerprint density at radius 1 is 1.24 bits per heavy atom. The van der Waals surface area contributed by atoms with Crippen molar-refractivity contribution in [3.05, 3.63) is 69.2 Å². The maximum Gasteiger partial charge on any atom is 0.509 e. The van der Waals surface area contributed by atoms with E-state index in [4.69, 9.17) is 32.7 Å². The zero-order valence-electron chi connectivity index (χ0n) is 13.3. The number of carbonyl (C=O) groups excluding carboxylic acids is 2. The van der Waals surface area contributed by atoms with Gasteiger partial charge in [0.1, 0.15) is 0 Å². The number of hydrogen-bond donors (Lipinski definition) is 0. The van der Waals surface area contributed by atoms with Crippen LogP contribution in [0.3, 0.4) is 0 Å². The Morgan fingerprint density at radius 3 is 2.68 bits per heavy atom. The Labute approximate surface area is 155 Å². The van der Waals surface area contributed by atoms with E-state index in [1.165, 1.54) is 6.07 Å². The number of ether oxygens (including phenoxy) is 2. The number of benzene rings is 2. The summed E-state index contributed by atoms with van der Waals surface area (Å²) in [6.07, 6.45) is -1.12. The first-order valence-electron chi connectivity index (χ1n) is 7.39.